The number of aryl methyl sites for hydroxylation is 2. The Labute approximate surface area is 135 Å². The van der Waals surface area contributed by atoms with Crippen molar-refractivity contribution in [1.29, 1.82) is 0 Å². The Morgan fingerprint density at radius 2 is 1.83 bits per heavy atom. The molecule has 0 aliphatic rings. The first-order valence-corrected chi connectivity index (χ1v) is 7.80. The Morgan fingerprint density at radius 3 is 2.61 bits per heavy atom. The molecule has 0 saturated carbocycles. The van der Waals surface area contributed by atoms with Gasteiger partial charge in [0.2, 0.25) is 0 Å². The molecule has 118 valence electrons. The van der Waals surface area contributed by atoms with Gasteiger partial charge in [0.25, 0.3) is 0 Å². The molecule has 3 aromatic rings. The van der Waals surface area contributed by atoms with Crippen LogP contribution in [0.4, 0.5) is 10.5 Å². The van der Waals surface area contributed by atoms with Crippen LogP contribution in [-0.2, 0) is 6.42 Å². The second-order valence-corrected chi connectivity index (χ2v) is 5.87. The zero-order valence-electron chi connectivity index (χ0n) is 13.4. The Bertz CT molecular complexity index is 815. The number of rotatable bonds is 4. The summed E-state index contributed by atoms with van der Waals surface area (Å²) in [5.41, 5.74) is 5.44. The summed E-state index contributed by atoms with van der Waals surface area (Å²) in [5.74, 6) is 0. The highest BCUT2D eigenvalue weighted by Gasteiger charge is 2.05. The van der Waals surface area contributed by atoms with Gasteiger partial charge < -0.3 is 15.6 Å². The molecule has 2 amide bonds. The fourth-order valence-electron chi connectivity index (χ4n) is 2.87. The fraction of sp³-hybridized carbons (Fsp3) is 0.211. The van der Waals surface area contributed by atoms with Crippen LogP contribution in [0.25, 0.3) is 10.9 Å². The van der Waals surface area contributed by atoms with Crippen LogP contribution in [0.1, 0.15) is 16.7 Å². The maximum absolute atomic E-state index is 12.0. The van der Waals surface area contributed by atoms with Crippen molar-refractivity contribution in [2.45, 2.75) is 20.3 Å². The number of nitrogens with one attached hydrogen (secondary N) is 3. The predicted molar refractivity (Wildman–Crippen MR) is 94.9 cm³/mol. The van der Waals surface area contributed by atoms with Crippen LogP contribution in [0, 0.1) is 13.8 Å². The van der Waals surface area contributed by atoms with E-state index in [1.54, 1.807) is 0 Å². The molecule has 1 heterocycles. The van der Waals surface area contributed by atoms with E-state index in [0.29, 0.717) is 6.54 Å². The van der Waals surface area contributed by atoms with Gasteiger partial charge in [0.05, 0.1) is 0 Å². The van der Waals surface area contributed by atoms with Gasteiger partial charge in [-0.05, 0) is 55.2 Å². The van der Waals surface area contributed by atoms with E-state index in [2.05, 4.69) is 33.8 Å². The van der Waals surface area contributed by atoms with Gasteiger partial charge in [0.1, 0.15) is 0 Å². The summed E-state index contributed by atoms with van der Waals surface area (Å²) in [6.45, 7) is 4.64. The molecule has 1 aromatic heterocycles. The van der Waals surface area contributed by atoms with Crippen LogP contribution in [0.2, 0.25) is 0 Å². The van der Waals surface area contributed by atoms with E-state index in [0.717, 1.165) is 28.8 Å². The third-order valence-electron chi connectivity index (χ3n) is 3.83. The molecule has 0 fully saturated rings. The molecule has 23 heavy (non-hydrogen) atoms. The number of hydrogen-bond donors (Lipinski definition) is 3. The first kappa shape index (κ1) is 15.2. The molecule has 3 rings (SSSR count). The molecule has 2 aromatic carbocycles. The largest absolute Gasteiger partial charge is 0.361 e. The summed E-state index contributed by atoms with van der Waals surface area (Å²) in [6, 6.07) is 14.0. The minimum atomic E-state index is -0.171. The normalized spacial score (nSPS) is 10.7. The number of para-hydroxylation sites is 1. The number of carbonyl (C=O) groups is 1. The van der Waals surface area contributed by atoms with Crippen LogP contribution in [-0.4, -0.2) is 17.6 Å². The van der Waals surface area contributed by atoms with Crippen LogP contribution in [0.5, 0.6) is 0 Å². The van der Waals surface area contributed by atoms with Crippen LogP contribution < -0.4 is 10.6 Å². The molecule has 4 nitrogen and oxygen atoms in total. The van der Waals surface area contributed by atoms with E-state index in [4.69, 9.17) is 0 Å². The van der Waals surface area contributed by atoms with E-state index >= 15 is 0 Å². The molecule has 0 spiro atoms. The predicted octanol–water partition coefficient (Wildman–Crippen LogP) is 4.15. The molecule has 3 N–H and O–H groups in total. The summed E-state index contributed by atoms with van der Waals surface area (Å²) < 4.78 is 0. The van der Waals surface area contributed by atoms with Crippen LogP contribution in [0.15, 0.2) is 48.7 Å². The summed E-state index contributed by atoms with van der Waals surface area (Å²) >= 11 is 0. The number of carbonyl (C=O) groups excluding carboxylic acids is 1. The Hall–Kier alpha value is -2.75. The van der Waals surface area contributed by atoms with Gasteiger partial charge >= 0.3 is 6.03 Å². The van der Waals surface area contributed by atoms with Crippen molar-refractivity contribution in [3.05, 3.63) is 65.4 Å². The van der Waals surface area contributed by atoms with Gasteiger partial charge in [-0.2, -0.15) is 0 Å². The van der Waals surface area contributed by atoms with Crippen molar-refractivity contribution in [3.8, 4) is 0 Å². The second kappa shape index (κ2) is 6.57. The van der Waals surface area contributed by atoms with Gasteiger partial charge in [-0.15, -0.1) is 0 Å². The molecular weight excluding hydrogens is 286 g/mol. The van der Waals surface area contributed by atoms with E-state index < -0.39 is 0 Å². The number of H-pyrrole nitrogens is 1. The third kappa shape index (κ3) is 3.72. The summed E-state index contributed by atoms with van der Waals surface area (Å²) in [7, 11) is 0. The van der Waals surface area contributed by atoms with Gasteiger partial charge in [-0.25, -0.2) is 4.79 Å². The topological polar surface area (TPSA) is 56.9 Å². The third-order valence-corrected chi connectivity index (χ3v) is 3.83. The van der Waals surface area contributed by atoms with Crippen LogP contribution in [0.3, 0.4) is 0 Å². The monoisotopic (exact) mass is 307 g/mol. The number of urea groups is 1. The van der Waals surface area contributed by atoms with Crippen molar-refractivity contribution < 1.29 is 4.79 Å². The van der Waals surface area contributed by atoms with Gasteiger partial charge in [0, 0.05) is 29.3 Å². The zero-order chi connectivity index (χ0) is 16.2. The van der Waals surface area contributed by atoms with Crippen molar-refractivity contribution in [2.75, 3.05) is 11.9 Å². The number of hydrogen-bond acceptors (Lipinski definition) is 1. The van der Waals surface area contributed by atoms with Crippen molar-refractivity contribution in [2.24, 2.45) is 0 Å². The number of fused-ring (bicyclic) bond motifs is 1. The lowest BCUT2D eigenvalue weighted by molar-refractivity contribution is 0.252. The highest BCUT2D eigenvalue weighted by atomic mass is 16.2. The standard InChI is InChI=1S/C19H21N3O/c1-13-9-14(2)11-16(10-13)22-19(23)20-8-7-15-12-21-18-6-4-3-5-17(15)18/h3-6,9-12,21H,7-8H2,1-2H3,(H2,20,22,23). The Kier molecular flexibility index (Phi) is 4.33. The Balaban J connectivity index is 1.55. The summed E-state index contributed by atoms with van der Waals surface area (Å²) in [6.07, 6.45) is 2.80. The lowest BCUT2D eigenvalue weighted by Crippen LogP contribution is -2.30. The highest BCUT2D eigenvalue weighted by molar-refractivity contribution is 5.89. The molecular formula is C19H21N3O. The number of aromatic nitrogens is 1. The van der Waals surface area contributed by atoms with Gasteiger partial charge in [-0.1, -0.05) is 24.3 Å². The quantitative estimate of drug-likeness (QED) is 0.666. The molecule has 0 aliphatic heterocycles. The minimum absolute atomic E-state index is 0.171. The number of anilines is 1. The van der Waals surface area contributed by atoms with E-state index in [1.165, 1.54) is 10.9 Å². The maximum atomic E-state index is 12.0. The van der Waals surface area contributed by atoms with E-state index in [9.17, 15) is 4.79 Å². The SMILES string of the molecule is Cc1cc(C)cc(NC(=O)NCCc2c[nH]c3ccccc23)c1. The Morgan fingerprint density at radius 1 is 1.09 bits per heavy atom. The molecule has 0 atom stereocenters. The lowest BCUT2D eigenvalue weighted by Gasteiger charge is -2.09. The lowest BCUT2D eigenvalue weighted by atomic mass is 10.1. The molecule has 0 bridgehead atoms. The zero-order valence-corrected chi connectivity index (χ0v) is 13.4. The minimum Gasteiger partial charge on any atom is -0.361 e. The number of amides is 2. The second-order valence-electron chi connectivity index (χ2n) is 5.87. The van der Waals surface area contributed by atoms with Gasteiger partial charge in [0.15, 0.2) is 0 Å². The van der Waals surface area contributed by atoms with Crippen molar-refractivity contribution in [3.63, 3.8) is 0 Å². The molecule has 4 heteroatoms. The number of aromatic amines is 1. The molecule has 0 unspecified atom stereocenters. The highest BCUT2D eigenvalue weighted by Crippen LogP contribution is 2.17. The van der Waals surface area contributed by atoms with E-state index in [-0.39, 0.29) is 6.03 Å². The smallest absolute Gasteiger partial charge is 0.319 e. The maximum Gasteiger partial charge on any atom is 0.319 e. The van der Waals surface area contributed by atoms with Gasteiger partial charge in [-0.3, -0.25) is 0 Å². The fourth-order valence-corrected chi connectivity index (χ4v) is 2.87. The first-order chi connectivity index (χ1) is 11.1. The molecule has 0 saturated heterocycles. The molecule has 0 aliphatic carbocycles. The first-order valence-electron chi connectivity index (χ1n) is 7.80. The number of benzene rings is 2. The average molecular weight is 307 g/mol. The van der Waals surface area contributed by atoms with E-state index in [1.807, 2.05) is 44.3 Å². The molecule has 0 radical (unpaired) electrons. The van der Waals surface area contributed by atoms with Crippen LogP contribution >= 0.6 is 0 Å². The average Bonchev–Trinajstić information content (AvgIpc) is 2.90. The summed E-state index contributed by atoms with van der Waals surface area (Å²) in [5, 5.41) is 7.00. The van der Waals surface area contributed by atoms with Crippen molar-refractivity contribution in [1.82, 2.24) is 10.3 Å². The van der Waals surface area contributed by atoms with Crippen molar-refractivity contribution >= 4 is 22.6 Å². The summed E-state index contributed by atoms with van der Waals surface area (Å²) in [4.78, 5) is 15.2.